The molecule has 0 bridgehead atoms. The summed E-state index contributed by atoms with van der Waals surface area (Å²) in [6, 6.07) is 11.5. The number of rotatable bonds is 6. The molecular formula is C14H13F2NO2S. The van der Waals surface area contributed by atoms with Gasteiger partial charge < -0.3 is 9.84 Å². The van der Waals surface area contributed by atoms with Crippen LogP contribution < -0.4 is 4.74 Å². The second-order valence-corrected chi connectivity index (χ2v) is 4.98. The van der Waals surface area contributed by atoms with Crippen molar-refractivity contribution in [3.05, 3.63) is 54.2 Å². The summed E-state index contributed by atoms with van der Waals surface area (Å²) in [5.74, 6) is 0.514. The van der Waals surface area contributed by atoms with Gasteiger partial charge in [0, 0.05) is 11.9 Å². The number of thioether (sulfide) groups is 1. The van der Waals surface area contributed by atoms with E-state index >= 15 is 0 Å². The molecule has 0 aliphatic heterocycles. The molecule has 20 heavy (non-hydrogen) atoms. The third-order valence-corrected chi connectivity index (χ3v) is 3.54. The van der Waals surface area contributed by atoms with Gasteiger partial charge in [-0.15, -0.1) is 11.8 Å². The standard InChI is InChI=1S/C14H13F2NO2S/c15-14(16)19-11-6-4-10(5-7-11)12(18)9-20-13-3-1-2-8-17-13/h1-8,12,14,18H,9H2/t12-/m1/s1. The molecule has 0 radical (unpaired) electrons. The monoisotopic (exact) mass is 297 g/mol. The van der Waals surface area contributed by atoms with Gasteiger partial charge in [-0.2, -0.15) is 8.78 Å². The maximum Gasteiger partial charge on any atom is 0.387 e. The van der Waals surface area contributed by atoms with Gasteiger partial charge in [0.1, 0.15) is 5.75 Å². The minimum Gasteiger partial charge on any atom is -0.435 e. The summed E-state index contributed by atoms with van der Waals surface area (Å²) < 4.78 is 28.3. The Labute approximate surface area is 119 Å². The lowest BCUT2D eigenvalue weighted by molar-refractivity contribution is -0.0498. The van der Waals surface area contributed by atoms with Crippen LogP contribution in [-0.4, -0.2) is 22.5 Å². The van der Waals surface area contributed by atoms with Gasteiger partial charge in [0.2, 0.25) is 0 Å². The van der Waals surface area contributed by atoms with E-state index in [0.717, 1.165) is 5.03 Å². The molecule has 106 valence electrons. The fraction of sp³-hybridized carbons (Fsp3) is 0.214. The number of nitrogens with zero attached hydrogens (tertiary/aromatic N) is 1. The average molecular weight is 297 g/mol. The molecule has 1 heterocycles. The van der Waals surface area contributed by atoms with Gasteiger partial charge in [-0.25, -0.2) is 4.98 Å². The Morgan fingerprint density at radius 1 is 1.15 bits per heavy atom. The Balaban J connectivity index is 1.90. The fourth-order valence-electron chi connectivity index (χ4n) is 1.56. The van der Waals surface area contributed by atoms with Crippen LogP contribution in [0.2, 0.25) is 0 Å². The van der Waals surface area contributed by atoms with E-state index in [1.807, 2.05) is 18.2 Å². The Hall–Kier alpha value is -1.66. The predicted molar refractivity (Wildman–Crippen MR) is 73.0 cm³/mol. The Bertz CT molecular complexity index is 522. The number of hydrogen-bond acceptors (Lipinski definition) is 4. The summed E-state index contributed by atoms with van der Waals surface area (Å²) in [6.07, 6.45) is 0.994. The molecule has 0 spiro atoms. The summed E-state index contributed by atoms with van der Waals surface area (Å²) in [5.41, 5.74) is 0.648. The quantitative estimate of drug-likeness (QED) is 0.829. The van der Waals surface area contributed by atoms with E-state index in [-0.39, 0.29) is 5.75 Å². The first-order valence-electron chi connectivity index (χ1n) is 5.92. The fourth-order valence-corrected chi connectivity index (χ4v) is 2.40. The Kier molecular flexibility index (Phi) is 5.31. The highest BCUT2D eigenvalue weighted by atomic mass is 32.2. The van der Waals surface area contributed by atoms with Gasteiger partial charge in [0.25, 0.3) is 0 Å². The SMILES string of the molecule is O[C@H](CSc1ccccn1)c1ccc(OC(F)F)cc1. The van der Waals surface area contributed by atoms with Crippen LogP contribution in [0.25, 0.3) is 0 Å². The van der Waals surface area contributed by atoms with Gasteiger partial charge >= 0.3 is 6.61 Å². The summed E-state index contributed by atoms with van der Waals surface area (Å²) in [7, 11) is 0. The minimum atomic E-state index is -2.84. The van der Waals surface area contributed by atoms with Gasteiger partial charge in [-0.05, 0) is 29.8 Å². The van der Waals surface area contributed by atoms with Crippen molar-refractivity contribution in [2.24, 2.45) is 0 Å². The van der Waals surface area contributed by atoms with Crippen LogP contribution in [0.1, 0.15) is 11.7 Å². The second kappa shape index (κ2) is 7.21. The number of alkyl halides is 2. The molecule has 1 aromatic carbocycles. The Morgan fingerprint density at radius 2 is 1.90 bits per heavy atom. The van der Waals surface area contributed by atoms with Crippen LogP contribution in [0, 0.1) is 0 Å². The van der Waals surface area contributed by atoms with Gasteiger partial charge in [0.05, 0.1) is 11.1 Å². The van der Waals surface area contributed by atoms with Crippen LogP contribution in [0.5, 0.6) is 5.75 Å². The molecule has 0 fully saturated rings. The molecule has 1 atom stereocenters. The Morgan fingerprint density at radius 3 is 2.50 bits per heavy atom. The third-order valence-electron chi connectivity index (χ3n) is 2.52. The normalized spacial score (nSPS) is 12.4. The van der Waals surface area contributed by atoms with Crippen LogP contribution in [0.3, 0.4) is 0 Å². The van der Waals surface area contributed by atoms with Crippen molar-refractivity contribution in [3.63, 3.8) is 0 Å². The summed E-state index contributed by atoms with van der Waals surface area (Å²) in [5, 5.41) is 10.8. The topological polar surface area (TPSA) is 42.4 Å². The first kappa shape index (κ1) is 14.7. The lowest BCUT2D eigenvalue weighted by Crippen LogP contribution is -2.03. The molecule has 0 unspecified atom stereocenters. The number of aromatic nitrogens is 1. The predicted octanol–water partition coefficient (Wildman–Crippen LogP) is 3.51. The van der Waals surface area contributed by atoms with E-state index in [1.165, 1.54) is 23.9 Å². The van der Waals surface area contributed by atoms with E-state index in [9.17, 15) is 13.9 Å². The first-order valence-corrected chi connectivity index (χ1v) is 6.90. The molecule has 6 heteroatoms. The molecule has 1 aromatic heterocycles. The van der Waals surface area contributed by atoms with Crippen molar-refractivity contribution in [2.75, 3.05) is 5.75 Å². The number of halogens is 2. The van der Waals surface area contributed by atoms with E-state index in [2.05, 4.69) is 9.72 Å². The van der Waals surface area contributed by atoms with Gasteiger partial charge in [-0.1, -0.05) is 18.2 Å². The summed E-state index contributed by atoms with van der Waals surface area (Å²) >= 11 is 1.43. The van der Waals surface area contributed by atoms with Gasteiger partial charge in [0.15, 0.2) is 0 Å². The maximum atomic E-state index is 12.0. The van der Waals surface area contributed by atoms with Crippen LogP contribution in [0.4, 0.5) is 8.78 Å². The van der Waals surface area contributed by atoms with Gasteiger partial charge in [-0.3, -0.25) is 0 Å². The van der Waals surface area contributed by atoms with E-state index in [4.69, 9.17) is 0 Å². The highest BCUT2D eigenvalue weighted by Crippen LogP contribution is 2.24. The summed E-state index contributed by atoms with van der Waals surface area (Å²) in [6.45, 7) is -2.84. The van der Waals surface area contributed by atoms with Crippen molar-refractivity contribution >= 4 is 11.8 Å². The van der Waals surface area contributed by atoms with Crippen LogP contribution in [-0.2, 0) is 0 Å². The largest absolute Gasteiger partial charge is 0.435 e. The number of hydrogen-bond donors (Lipinski definition) is 1. The molecule has 0 aliphatic rings. The molecule has 0 saturated heterocycles. The number of benzene rings is 1. The highest BCUT2D eigenvalue weighted by molar-refractivity contribution is 7.99. The first-order chi connectivity index (χ1) is 9.65. The van der Waals surface area contributed by atoms with E-state index in [0.29, 0.717) is 11.3 Å². The van der Waals surface area contributed by atoms with Crippen molar-refractivity contribution in [1.29, 1.82) is 0 Å². The molecule has 0 aliphatic carbocycles. The third kappa shape index (κ3) is 4.47. The summed E-state index contributed by atoms with van der Waals surface area (Å²) in [4.78, 5) is 4.14. The smallest absolute Gasteiger partial charge is 0.387 e. The van der Waals surface area contributed by atoms with E-state index in [1.54, 1.807) is 18.3 Å². The van der Waals surface area contributed by atoms with Crippen LogP contribution >= 0.6 is 11.8 Å². The molecule has 2 rings (SSSR count). The lowest BCUT2D eigenvalue weighted by Gasteiger charge is -2.11. The zero-order chi connectivity index (χ0) is 14.4. The second-order valence-electron chi connectivity index (χ2n) is 3.94. The number of ether oxygens (including phenoxy) is 1. The maximum absolute atomic E-state index is 12.0. The minimum absolute atomic E-state index is 0.0772. The molecule has 1 N–H and O–H groups in total. The van der Waals surface area contributed by atoms with Crippen molar-refractivity contribution in [1.82, 2.24) is 4.98 Å². The van der Waals surface area contributed by atoms with Crippen molar-refractivity contribution < 1.29 is 18.6 Å². The molecule has 0 saturated carbocycles. The zero-order valence-electron chi connectivity index (χ0n) is 10.4. The highest BCUT2D eigenvalue weighted by Gasteiger charge is 2.10. The number of pyridine rings is 1. The number of aliphatic hydroxyl groups excluding tert-OH is 1. The molecule has 2 aromatic rings. The molecule has 3 nitrogen and oxygen atoms in total. The number of aliphatic hydroxyl groups is 1. The zero-order valence-corrected chi connectivity index (χ0v) is 11.3. The van der Waals surface area contributed by atoms with Crippen molar-refractivity contribution in [2.45, 2.75) is 17.7 Å². The average Bonchev–Trinajstić information content (AvgIpc) is 2.46. The van der Waals surface area contributed by atoms with E-state index < -0.39 is 12.7 Å². The van der Waals surface area contributed by atoms with Crippen molar-refractivity contribution in [3.8, 4) is 5.75 Å². The molecule has 0 amide bonds. The molecular weight excluding hydrogens is 284 g/mol. The lowest BCUT2D eigenvalue weighted by atomic mass is 10.1. The van der Waals surface area contributed by atoms with Crippen LogP contribution in [0.15, 0.2) is 53.7 Å².